The topological polar surface area (TPSA) is 43.6 Å². The van der Waals surface area contributed by atoms with Gasteiger partial charge in [0, 0.05) is 22.3 Å². The summed E-state index contributed by atoms with van der Waals surface area (Å²) in [6, 6.07) is 32.8. The minimum Gasteiger partial charge on any atom is -0.479 e. The third-order valence-corrected chi connectivity index (χ3v) is 8.89. The zero-order valence-corrected chi connectivity index (χ0v) is 27.5. The SMILES string of the molecule is CC(C)c1cccc(C(C)C)c1N1C(C(=O)O)C(c2ccccc2)=[N+](c2c(C(C)C)cccc2C(C)C)C1c1ccccc1. The van der Waals surface area contributed by atoms with Crippen LogP contribution in [0.4, 0.5) is 11.4 Å². The molecule has 44 heavy (non-hydrogen) atoms. The highest BCUT2D eigenvalue weighted by molar-refractivity contribution is 6.16. The van der Waals surface area contributed by atoms with Gasteiger partial charge in [-0.25, -0.2) is 4.79 Å². The summed E-state index contributed by atoms with van der Waals surface area (Å²) in [4.78, 5) is 16.1. The van der Waals surface area contributed by atoms with Crippen molar-refractivity contribution in [3.05, 3.63) is 130 Å². The van der Waals surface area contributed by atoms with E-state index in [-0.39, 0.29) is 29.8 Å². The first-order valence-electron chi connectivity index (χ1n) is 16.1. The van der Waals surface area contributed by atoms with Crippen LogP contribution in [0, 0.1) is 0 Å². The van der Waals surface area contributed by atoms with Crippen LogP contribution in [0.1, 0.15) is 119 Å². The molecule has 0 saturated carbocycles. The number of carbonyl (C=O) groups is 1. The van der Waals surface area contributed by atoms with Crippen molar-refractivity contribution in [1.29, 1.82) is 0 Å². The van der Waals surface area contributed by atoms with Crippen molar-refractivity contribution < 1.29 is 14.5 Å². The van der Waals surface area contributed by atoms with E-state index in [1.54, 1.807) is 0 Å². The van der Waals surface area contributed by atoms with Gasteiger partial charge < -0.3 is 5.11 Å². The fourth-order valence-electron chi connectivity index (χ4n) is 6.83. The first kappa shape index (κ1) is 31.3. The normalized spacial score (nSPS) is 17.0. The molecule has 1 heterocycles. The number of rotatable bonds is 9. The maximum Gasteiger partial charge on any atom is 0.337 e. The number of carboxylic acid groups (broad SMARTS) is 1. The molecule has 0 fully saturated rings. The Morgan fingerprint density at radius 2 is 1.05 bits per heavy atom. The van der Waals surface area contributed by atoms with Crippen LogP contribution < -0.4 is 4.90 Å². The van der Waals surface area contributed by atoms with Crippen LogP contribution in [0.2, 0.25) is 0 Å². The number of hydrogen-bond donors (Lipinski definition) is 1. The van der Waals surface area contributed by atoms with Crippen molar-refractivity contribution in [2.45, 2.75) is 91.3 Å². The number of nitrogens with zero attached hydrogens (tertiary/aromatic N) is 2. The van der Waals surface area contributed by atoms with E-state index < -0.39 is 12.0 Å². The third kappa shape index (κ3) is 5.58. The average Bonchev–Trinajstić information content (AvgIpc) is 3.36. The first-order chi connectivity index (χ1) is 21.0. The summed E-state index contributed by atoms with van der Waals surface area (Å²) in [7, 11) is 0. The lowest BCUT2D eigenvalue weighted by Gasteiger charge is -2.33. The van der Waals surface area contributed by atoms with Crippen LogP contribution in [0.3, 0.4) is 0 Å². The summed E-state index contributed by atoms with van der Waals surface area (Å²) >= 11 is 0. The lowest BCUT2D eigenvalue weighted by atomic mass is 9.90. The average molecular weight is 588 g/mol. The molecule has 4 nitrogen and oxygen atoms in total. The number of carboxylic acids is 1. The van der Waals surface area contributed by atoms with Crippen LogP contribution >= 0.6 is 0 Å². The van der Waals surface area contributed by atoms with Crippen molar-refractivity contribution in [3.8, 4) is 0 Å². The van der Waals surface area contributed by atoms with E-state index in [1.807, 2.05) is 24.3 Å². The van der Waals surface area contributed by atoms with Crippen molar-refractivity contribution in [3.63, 3.8) is 0 Å². The molecule has 0 amide bonds. The zero-order valence-electron chi connectivity index (χ0n) is 27.5. The maximum atomic E-state index is 13.8. The van der Waals surface area contributed by atoms with Gasteiger partial charge in [-0.2, -0.15) is 4.58 Å². The summed E-state index contributed by atoms with van der Waals surface area (Å²) in [5.41, 5.74) is 9.70. The van der Waals surface area contributed by atoms with Crippen LogP contribution in [-0.4, -0.2) is 27.4 Å². The van der Waals surface area contributed by atoms with Crippen LogP contribution in [0.25, 0.3) is 0 Å². The largest absolute Gasteiger partial charge is 0.479 e. The quantitative estimate of drug-likeness (QED) is 0.198. The minimum absolute atomic E-state index is 0.206. The van der Waals surface area contributed by atoms with E-state index >= 15 is 0 Å². The lowest BCUT2D eigenvalue weighted by molar-refractivity contribution is -0.482. The molecule has 0 aliphatic carbocycles. The highest BCUT2D eigenvalue weighted by Crippen LogP contribution is 2.49. The minimum atomic E-state index is -0.916. The summed E-state index contributed by atoms with van der Waals surface area (Å²) in [5, 5.41) is 11.3. The summed E-state index contributed by atoms with van der Waals surface area (Å²) in [5.74, 6) is 0.0388. The number of anilines is 1. The molecule has 4 heteroatoms. The molecule has 1 aliphatic heterocycles. The lowest BCUT2D eigenvalue weighted by Crippen LogP contribution is -2.44. The molecule has 0 bridgehead atoms. The van der Waals surface area contributed by atoms with Gasteiger partial charge >= 0.3 is 5.97 Å². The Hall–Kier alpha value is -4.18. The van der Waals surface area contributed by atoms with Gasteiger partial charge in [0.05, 0.1) is 5.69 Å². The highest BCUT2D eigenvalue weighted by atomic mass is 16.4. The molecule has 4 aromatic rings. The first-order valence-corrected chi connectivity index (χ1v) is 16.1. The molecule has 4 aromatic carbocycles. The fraction of sp³-hybridized carbons (Fsp3) is 0.350. The second kappa shape index (κ2) is 12.8. The van der Waals surface area contributed by atoms with Gasteiger partial charge in [-0.15, -0.1) is 0 Å². The Kier molecular flexibility index (Phi) is 9.10. The van der Waals surface area contributed by atoms with E-state index in [4.69, 9.17) is 0 Å². The predicted molar refractivity (Wildman–Crippen MR) is 183 cm³/mol. The molecule has 0 aromatic heterocycles. The Bertz CT molecular complexity index is 1600. The smallest absolute Gasteiger partial charge is 0.337 e. The molecule has 2 atom stereocenters. The second-order valence-electron chi connectivity index (χ2n) is 13.2. The molecule has 1 N–H and O–H groups in total. The van der Waals surface area contributed by atoms with E-state index in [0.29, 0.717) is 0 Å². The van der Waals surface area contributed by atoms with E-state index in [9.17, 15) is 9.90 Å². The van der Waals surface area contributed by atoms with Gasteiger partial charge in [0.15, 0.2) is 0 Å². The van der Waals surface area contributed by atoms with Gasteiger partial charge in [0.1, 0.15) is 0 Å². The number of para-hydroxylation sites is 2. The third-order valence-electron chi connectivity index (χ3n) is 8.89. The fourth-order valence-corrected chi connectivity index (χ4v) is 6.83. The maximum absolute atomic E-state index is 13.8. The van der Waals surface area contributed by atoms with E-state index in [2.05, 4.69) is 138 Å². The molecule has 1 aliphatic rings. The van der Waals surface area contributed by atoms with Crippen LogP contribution in [0.5, 0.6) is 0 Å². The number of benzene rings is 4. The van der Waals surface area contributed by atoms with Crippen molar-refractivity contribution in [1.82, 2.24) is 0 Å². The molecule has 0 saturated heterocycles. The Balaban J connectivity index is 2.03. The van der Waals surface area contributed by atoms with Crippen molar-refractivity contribution >= 4 is 23.1 Å². The molecular formula is C40H47N2O2+. The van der Waals surface area contributed by atoms with E-state index in [1.165, 1.54) is 22.3 Å². The standard InChI is InChI=1S/C40H46N2O2/c1-25(2)31-21-15-22-32(26(3)4)36(31)41-35(29-17-11-9-12-18-29)38(40(43)44)42(39(41)30-19-13-10-14-20-30)37-33(27(5)6)23-16-24-34(37)28(7)8/h9-28,38-39H,1-8H3/p+1. The van der Waals surface area contributed by atoms with E-state index in [0.717, 1.165) is 28.2 Å². The van der Waals surface area contributed by atoms with Gasteiger partial charge in [0.2, 0.25) is 17.4 Å². The monoisotopic (exact) mass is 587 g/mol. The predicted octanol–water partition coefficient (Wildman–Crippen LogP) is 9.99. The van der Waals surface area contributed by atoms with Gasteiger partial charge in [-0.3, -0.25) is 4.90 Å². The number of hydrogen-bond acceptors (Lipinski definition) is 2. The van der Waals surface area contributed by atoms with Gasteiger partial charge in [-0.1, -0.05) is 140 Å². The Labute approximate surface area is 263 Å². The molecular weight excluding hydrogens is 540 g/mol. The second-order valence-corrected chi connectivity index (χ2v) is 13.2. The summed E-state index contributed by atoms with van der Waals surface area (Å²) in [6.45, 7) is 17.7. The van der Waals surface area contributed by atoms with Gasteiger partial charge in [-0.05, 0) is 46.9 Å². The highest BCUT2D eigenvalue weighted by Gasteiger charge is 2.55. The zero-order chi connectivity index (χ0) is 31.7. The van der Waals surface area contributed by atoms with Gasteiger partial charge in [0.25, 0.3) is 6.17 Å². The number of aliphatic carboxylic acids is 1. The van der Waals surface area contributed by atoms with Crippen molar-refractivity contribution in [2.24, 2.45) is 0 Å². The molecule has 228 valence electrons. The Morgan fingerprint density at radius 3 is 1.48 bits per heavy atom. The molecule has 0 radical (unpaired) electrons. The summed E-state index contributed by atoms with van der Waals surface area (Å²) in [6.07, 6.45) is -0.387. The molecule has 0 spiro atoms. The van der Waals surface area contributed by atoms with Crippen molar-refractivity contribution in [2.75, 3.05) is 4.90 Å². The summed E-state index contributed by atoms with van der Waals surface area (Å²) < 4.78 is 2.38. The molecule has 5 rings (SSSR count). The van der Waals surface area contributed by atoms with Crippen LogP contribution in [-0.2, 0) is 4.79 Å². The molecule has 2 unspecified atom stereocenters. The Morgan fingerprint density at radius 1 is 0.614 bits per heavy atom. The van der Waals surface area contributed by atoms with Crippen LogP contribution in [0.15, 0.2) is 97.1 Å².